The molecule has 0 aromatic carbocycles. The van der Waals surface area contributed by atoms with Gasteiger partial charge in [0.05, 0.1) is 10.9 Å². The van der Waals surface area contributed by atoms with Crippen molar-refractivity contribution in [3.05, 3.63) is 27.5 Å². The van der Waals surface area contributed by atoms with Gasteiger partial charge in [0.1, 0.15) is 12.1 Å². The third-order valence-electron chi connectivity index (χ3n) is 4.92. The molecule has 0 radical (unpaired) electrons. The fourth-order valence-electron chi connectivity index (χ4n) is 3.76. The first-order valence-electron chi connectivity index (χ1n) is 7.71. The van der Waals surface area contributed by atoms with Crippen molar-refractivity contribution in [2.24, 2.45) is 0 Å². The predicted octanol–water partition coefficient (Wildman–Crippen LogP) is 2.12. The first-order chi connectivity index (χ1) is 11.1. The van der Waals surface area contributed by atoms with E-state index in [9.17, 15) is 9.18 Å². The van der Waals surface area contributed by atoms with Gasteiger partial charge in [0.25, 0.3) is 11.6 Å². The van der Waals surface area contributed by atoms with Crippen LogP contribution in [-0.2, 0) is 0 Å². The molecular formula is C15H16ClFN4O2. The van der Waals surface area contributed by atoms with Crippen molar-refractivity contribution < 1.29 is 9.13 Å². The summed E-state index contributed by atoms with van der Waals surface area (Å²) in [5, 5.41) is -0.251. The molecule has 2 aromatic rings. The van der Waals surface area contributed by atoms with Gasteiger partial charge in [-0.3, -0.25) is 14.7 Å². The number of aromatic nitrogens is 3. The van der Waals surface area contributed by atoms with E-state index in [0.29, 0.717) is 6.61 Å². The quantitative estimate of drug-likeness (QED) is 0.868. The highest BCUT2D eigenvalue weighted by atomic mass is 35.5. The van der Waals surface area contributed by atoms with Crippen LogP contribution in [0.3, 0.4) is 0 Å². The van der Waals surface area contributed by atoms with E-state index in [1.165, 1.54) is 6.20 Å². The molecule has 0 unspecified atom stereocenters. The largest absolute Gasteiger partial charge is 0.463 e. The van der Waals surface area contributed by atoms with Gasteiger partial charge in [-0.2, -0.15) is 4.98 Å². The lowest BCUT2D eigenvalue weighted by Gasteiger charge is -2.31. The van der Waals surface area contributed by atoms with Gasteiger partial charge in [0.15, 0.2) is 11.0 Å². The van der Waals surface area contributed by atoms with Crippen LogP contribution in [0.4, 0.5) is 4.39 Å². The lowest BCUT2D eigenvalue weighted by molar-refractivity contribution is 0.107. The standard InChI is InChI=1S/C15H16ClFN4O2/c16-12-10(17)11-9(7-18-12)13(22)20-14(19-11)23-8-15-3-1-5-21(15)6-2-4-15/h7H,1-6,8H2,(H,19,20,22). The highest BCUT2D eigenvalue weighted by Gasteiger charge is 2.44. The number of aromatic amines is 1. The molecule has 23 heavy (non-hydrogen) atoms. The summed E-state index contributed by atoms with van der Waals surface area (Å²) in [6, 6.07) is 0.0248. The minimum absolute atomic E-state index is 0.0248. The van der Waals surface area contributed by atoms with Gasteiger partial charge in [0, 0.05) is 6.20 Å². The minimum atomic E-state index is -0.804. The SMILES string of the molecule is O=c1[nH]c(OCC23CCCN2CCC3)nc2c(F)c(Cl)ncc12. The Labute approximate surface area is 136 Å². The van der Waals surface area contributed by atoms with Crippen LogP contribution in [0, 0.1) is 5.82 Å². The second kappa shape index (κ2) is 5.42. The van der Waals surface area contributed by atoms with E-state index in [-0.39, 0.29) is 27.6 Å². The van der Waals surface area contributed by atoms with Gasteiger partial charge in [-0.05, 0) is 38.8 Å². The molecule has 4 heterocycles. The molecule has 0 saturated carbocycles. The number of fused-ring (bicyclic) bond motifs is 2. The highest BCUT2D eigenvalue weighted by Crippen LogP contribution is 2.38. The fraction of sp³-hybridized carbons (Fsp3) is 0.533. The van der Waals surface area contributed by atoms with Crippen molar-refractivity contribution >= 4 is 22.5 Å². The van der Waals surface area contributed by atoms with E-state index in [0.717, 1.165) is 38.8 Å². The number of halogens is 2. The third-order valence-corrected chi connectivity index (χ3v) is 5.18. The second-order valence-corrected chi connectivity index (χ2v) is 6.56. The van der Waals surface area contributed by atoms with Gasteiger partial charge in [-0.1, -0.05) is 11.6 Å². The molecule has 0 aliphatic carbocycles. The van der Waals surface area contributed by atoms with Crippen molar-refractivity contribution in [1.82, 2.24) is 19.9 Å². The Morgan fingerprint density at radius 2 is 2.13 bits per heavy atom. The Morgan fingerprint density at radius 1 is 1.39 bits per heavy atom. The molecule has 2 fully saturated rings. The zero-order valence-electron chi connectivity index (χ0n) is 12.4. The van der Waals surface area contributed by atoms with E-state index >= 15 is 0 Å². The third kappa shape index (κ3) is 2.38. The van der Waals surface area contributed by atoms with Crippen molar-refractivity contribution in [2.75, 3.05) is 19.7 Å². The lowest BCUT2D eigenvalue weighted by Crippen LogP contribution is -2.43. The molecule has 2 aliphatic rings. The average molecular weight is 339 g/mol. The number of hydrogen-bond acceptors (Lipinski definition) is 5. The number of H-pyrrole nitrogens is 1. The summed E-state index contributed by atoms with van der Waals surface area (Å²) < 4.78 is 19.8. The Kier molecular flexibility index (Phi) is 3.50. The van der Waals surface area contributed by atoms with E-state index < -0.39 is 11.4 Å². The van der Waals surface area contributed by atoms with Crippen LogP contribution < -0.4 is 10.3 Å². The van der Waals surface area contributed by atoms with Crippen molar-refractivity contribution in [1.29, 1.82) is 0 Å². The molecule has 0 atom stereocenters. The van der Waals surface area contributed by atoms with Crippen LogP contribution in [0.2, 0.25) is 5.15 Å². The molecule has 0 bridgehead atoms. The number of pyridine rings is 1. The monoisotopic (exact) mass is 338 g/mol. The summed E-state index contributed by atoms with van der Waals surface area (Å²) in [6.45, 7) is 2.61. The Balaban J connectivity index is 1.65. The normalized spacial score (nSPS) is 20.1. The molecule has 1 N–H and O–H groups in total. The molecule has 8 heteroatoms. The van der Waals surface area contributed by atoms with Crippen LogP contribution in [0.1, 0.15) is 25.7 Å². The van der Waals surface area contributed by atoms with Crippen LogP contribution in [0.15, 0.2) is 11.0 Å². The molecular weight excluding hydrogens is 323 g/mol. The predicted molar refractivity (Wildman–Crippen MR) is 83.4 cm³/mol. The molecule has 2 aliphatic heterocycles. The Hall–Kier alpha value is -1.73. The summed E-state index contributed by atoms with van der Waals surface area (Å²) in [5.74, 6) is -0.804. The van der Waals surface area contributed by atoms with E-state index in [1.807, 2.05) is 0 Å². The van der Waals surface area contributed by atoms with Gasteiger partial charge in [-0.25, -0.2) is 9.37 Å². The van der Waals surface area contributed by atoms with Gasteiger partial charge in [0.2, 0.25) is 0 Å². The maximum atomic E-state index is 14.0. The molecule has 6 nitrogen and oxygen atoms in total. The van der Waals surface area contributed by atoms with Gasteiger partial charge < -0.3 is 4.74 Å². The van der Waals surface area contributed by atoms with Gasteiger partial charge in [-0.15, -0.1) is 0 Å². The lowest BCUT2D eigenvalue weighted by atomic mass is 9.95. The molecule has 4 rings (SSSR count). The van der Waals surface area contributed by atoms with Gasteiger partial charge >= 0.3 is 0 Å². The van der Waals surface area contributed by atoms with Crippen LogP contribution in [0.25, 0.3) is 10.9 Å². The van der Waals surface area contributed by atoms with Crippen molar-refractivity contribution in [3.8, 4) is 6.01 Å². The Morgan fingerprint density at radius 3 is 2.87 bits per heavy atom. The zero-order valence-corrected chi connectivity index (χ0v) is 13.2. The number of hydrogen-bond donors (Lipinski definition) is 1. The topological polar surface area (TPSA) is 71.1 Å². The van der Waals surface area contributed by atoms with Crippen molar-refractivity contribution in [3.63, 3.8) is 0 Å². The summed E-state index contributed by atoms with van der Waals surface area (Å²) in [7, 11) is 0. The number of nitrogens with zero attached hydrogens (tertiary/aromatic N) is 3. The summed E-state index contributed by atoms with van der Waals surface area (Å²) in [5.41, 5.74) is -0.571. The van der Waals surface area contributed by atoms with Crippen molar-refractivity contribution in [2.45, 2.75) is 31.2 Å². The average Bonchev–Trinajstić information content (AvgIpc) is 3.09. The minimum Gasteiger partial charge on any atom is -0.463 e. The highest BCUT2D eigenvalue weighted by molar-refractivity contribution is 6.30. The Bertz CT molecular complexity index is 815. The first-order valence-corrected chi connectivity index (χ1v) is 8.09. The first kappa shape index (κ1) is 14.8. The molecule has 122 valence electrons. The summed E-state index contributed by atoms with van der Waals surface area (Å²) >= 11 is 5.66. The number of nitrogens with one attached hydrogen (secondary N) is 1. The maximum Gasteiger partial charge on any atom is 0.297 e. The summed E-state index contributed by atoms with van der Waals surface area (Å²) in [4.78, 5) is 24.7. The molecule has 2 saturated heterocycles. The van der Waals surface area contributed by atoms with E-state index in [2.05, 4.69) is 19.9 Å². The van der Waals surface area contributed by atoms with Crippen LogP contribution in [0.5, 0.6) is 6.01 Å². The second-order valence-electron chi connectivity index (χ2n) is 6.20. The van der Waals surface area contributed by atoms with Crippen LogP contribution >= 0.6 is 11.6 Å². The smallest absolute Gasteiger partial charge is 0.297 e. The van der Waals surface area contributed by atoms with E-state index in [4.69, 9.17) is 16.3 Å². The van der Waals surface area contributed by atoms with E-state index in [1.54, 1.807) is 0 Å². The number of rotatable bonds is 3. The molecule has 2 aromatic heterocycles. The summed E-state index contributed by atoms with van der Waals surface area (Å²) in [6.07, 6.45) is 5.68. The zero-order chi connectivity index (χ0) is 16.0. The van der Waals surface area contributed by atoms with Crippen LogP contribution in [-0.4, -0.2) is 45.1 Å². The number of ether oxygens (including phenoxy) is 1. The molecule has 0 amide bonds. The fourth-order valence-corrected chi connectivity index (χ4v) is 3.89. The molecule has 0 spiro atoms. The maximum absolute atomic E-state index is 14.0.